The number of ether oxygens (including phenoxy) is 1. The summed E-state index contributed by atoms with van der Waals surface area (Å²) >= 11 is 6.15. The van der Waals surface area contributed by atoms with Crippen LogP contribution in [0.5, 0.6) is 5.75 Å². The van der Waals surface area contributed by atoms with Crippen molar-refractivity contribution in [1.82, 2.24) is 5.32 Å². The molecular weight excluding hydrogens is 390 g/mol. The number of hydrogen-bond acceptors (Lipinski definition) is 4. The molecule has 152 valence electrons. The van der Waals surface area contributed by atoms with Gasteiger partial charge in [-0.05, 0) is 49.2 Å². The van der Waals surface area contributed by atoms with Crippen LogP contribution >= 0.6 is 11.6 Å². The molecule has 1 N–H and O–H groups in total. The number of amides is 2. The quantitative estimate of drug-likeness (QED) is 0.815. The molecule has 29 heavy (non-hydrogen) atoms. The summed E-state index contributed by atoms with van der Waals surface area (Å²) < 4.78 is 5.45. The first-order valence-electron chi connectivity index (χ1n) is 9.85. The zero-order chi connectivity index (χ0) is 20.4. The van der Waals surface area contributed by atoms with Crippen molar-refractivity contribution in [3.05, 3.63) is 53.1 Å². The molecule has 0 radical (unpaired) electrons. The SMILES string of the molecule is COc1ccc(Cl)cc1N1CCC(NC(=O)c2cccc(N3CCCC3=O)c2)C1. The van der Waals surface area contributed by atoms with Crippen LogP contribution in [-0.4, -0.2) is 44.6 Å². The van der Waals surface area contributed by atoms with E-state index in [0.29, 0.717) is 30.1 Å². The first-order valence-corrected chi connectivity index (χ1v) is 10.2. The summed E-state index contributed by atoms with van der Waals surface area (Å²) in [5.74, 6) is 0.761. The molecule has 2 saturated heterocycles. The number of halogens is 1. The van der Waals surface area contributed by atoms with Crippen LogP contribution < -0.4 is 19.9 Å². The first-order chi connectivity index (χ1) is 14.0. The molecule has 0 saturated carbocycles. The first kappa shape index (κ1) is 19.6. The third-order valence-corrected chi connectivity index (χ3v) is 5.73. The van der Waals surface area contributed by atoms with Gasteiger partial charge in [-0.3, -0.25) is 9.59 Å². The minimum atomic E-state index is -0.122. The van der Waals surface area contributed by atoms with Gasteiger partial charge in [0, 0.05) is 48.4 Å². The second-order valence-electron chi connectivity index (χ2n) is 7.42. The molecular formula is C22H24ClN3O3. The molecule has 2 fully saturated rings. The Labute approximate surface area is 175 Å². The summed E-state index contributed by atoms with van der Waals surface area (Å²) in [4.78, 5) is 28.7. The second-order valence-corrected chi connectivity index (χ2v) is 7.86. The predicted octanol–water partition coefficient (Wildman–Crippen LogP) is 3.48. The number of nitrogens with zero attached hydrogens (tertiary/aromatic N) is 2. The Hall–Kier alpha value is -2.73. The predicted molar refractivity (Wildman–Crippen MR) is 114 cm³/mol. The molecule has 0 aromatic heterocycles. The van der Waals surface area contributed by atoms with Crippen molar-refractivity contribution in [3.8, 4) is 5.75 Å². The van der Waals surface area contributed by atoms with E-state index in [0.717, 1.165) is 36.5 Å². The van der Waals surface area contributed by atoms with E-state index < -0.39 is 0 Å². The lowest BCUT2D eigenvalue weighted by molar-refractivity contribution is -0.117. The molecule has 7 heteroatoms. The fourth-order valence-corrected chi connectivity index (χ4v) is 4.18. The molecule has 0 aliphatic carbocycles. The fraction of sp³-hybridized carbons (Fsp3) is 0.364. The molecule has 2 aliphatic rings. The molecule has 6 nitrogen and oxygen atoms in total. The van der Waals surface area contributed by atoms with Gasteiger partial charge in [0.1, 0.15) is 5.75 Å². The number of rotatable bonds is 5. The van der Waals surface area contributed by atoms with Crippen molar-refractivity contribution in [2.24, 2.45) is 0 Å². The fourth-order valence-electron chi connectivity index (χ4n) is 4.01. The van der Waals surface area contributed by atoms with Crippen molar-refractivity contribution in [1.29, 1.82) is 0 Å². The second kappa shape index (κ2) is 8.33. The van der Waals surface area contributed by atoms with Gasteiger partial charge in [0.25, 0.3) is 5.91 Å². The summed E-state index contributed by atoms with van der Waals surface area (Å²) in [5, 5.41) is 3.77. The highest BCUT2D eigenvalue weighted by molar-refractivity contribution is 6.31. The van der Waals surface area contributed by atoms with Crippen molar-refractivity contribution >= 4 is 34.8 Å². The Morgan fingerprint density at radius 1 is 1.21 bits per heavy atom. The van der Waals surface area contributed by atoms with Gasteiger partial charge in [0.05, 0.1) is 12.8 Å². The minimum Gasteiger partial charge on any atom is -0.495 e. The van der Waals surface area contributed by atoms with Gasteiger partial charge in [0.2, 0.25) is 5.91 Å². The lowest BCUT2D eigenvalue weighted by Crippen LogP contribution is -2.37. The molecule has 2 heterocycles. The van der Waals surface area contributed by atoms with E-state index in [1.54, 1.807) is 30.2 Å². The smallest absolute Gasteiger partial charge is 0.251 e. The number of anilines is 2. The molecule has 1 atom stereocenters. The zero-order valence-corrected chi connectivity index (χ0v) is 17.1. The van der Waals surface area contributed by atoms with E-state index in [1.165, 1.54) is 0 Å². The standard InChI is InChI=1S/C22H24ClN3O3/c1-29-20-8-7-16(23)13-19(20)25-11-9-17(14-25)24-22(28)15-4-2-5-18(12-15)26-10-3-6-21(26)27/h2,4-5,7-8,12-13,17H,3,6,9-11,14H2,1H3,(H,24,28). The highest BCUT2D eigenvalue weighted by atomic mass is 35.5. The van der Waals surface area contributed by atoms with E-state index in [4.69, 9.17) is 16.3 Å². The van der Waals surface area contributed by atoms with Crippen molar-refractivity contribution in [2.45, 2.75) is 25.3 Å². The summed E-state index contributed by atoms with van der Waals surface area (Å²) in [6, 6.07) is 12.9. The van der Waals surface area contributed by atoms with Crippen molar-refractivity contribution < 1.29 is 14.3 Å². The lowest BCUT2D eigenvalue weighted by atomic mass is 10.1. The van der Waals surface area contributed by atoms with Gasteiger partial charge >= 0.3 is 0 Å². The number of nitrogens with one attached hydrogen (secondary N) is 1. The Bertz CT molecular complexity index is 933. The monoisotopic (exact) mass is 413 g/mol. The number of hydrogen-bond donors (Lipinski definition) is 1. The Morgan fingerprint density at radius 3 is 2.83 bits per heavy atom. The van der Waals surface area contributed by atoms with Gasteiger partial charge in [0.15, 0.2) is 0 Å². The van der Waals surface area contributed by atoms with Gasteiger partial charge in [-0.15, -0.1) is 0 Å². The average Bonchev–Trinajstić information content (AvgIpc) is 3.37. The van der Waals surface area contributed by atoms with Crippen molar-refractivity contribution in [3.63, 3.8) is 0 Å². The van der Waals surface area contributed by atoms with Crippen LogP contribution in [0.3, 0.4) is 0 Å². The number of carbonyl (C=O) groups excluding carboxylic acids is 2. The summed E-state index contributed by atoms with van der Waals surface area (Å²) in [6.07, 6.45) is 2.27. The molecule has 0 spiro atoms. The van der Waals surface area contributed by atoms with E-state index in [1.807, 2.05) is 24.3 Å². The molecule has 0 bridgehead atoms. The Balaban J connectivity index is 1.42. The van der Waals surface area contributed by atoms with Crippen LogP contribution in [0.15, 0.2) is 42.5 Å². The van der Waals surface area contributed by atoms with Gasteiger partial charge in [-0.2, -0.15) is 0 Å². The largest absolute Gasteiger partial charge is 0.495 e. The lowest BCUT2D eigenvalue weighted by Gasteiger charge is -2.22. The molecule has 2 aromatic carbocycles. The topological polar surface area (TPSA) is 61.9 Å². The van der Waals surface area contributed by atoms with Crippen LogP contribution in [0.2, 0.25) is 5.02 Å². The Morgan fingerprint density at radius 2 is 2.07 bits per heavy atom. The molecule has 2 amide bonds. The highest BCUT2D eigenvalue weighted by Gasteiger charge is 2.27. The van der Waals surface area contributed by atoms with E-state index in [2.05, 4.69) is 10.2 Å². The van der Waals surface area contributed by atoms with E-state index in [-0.39, 0.29) is 17.9 Å². The van der Waals surface area contributed by atoms with Gasteiger partial charge in [-0.25, -0.2) is 0 Å². The highest BCUT2D eigenvalue weighted by Crippen LogP contribution is 2.33. The van der Waals surface area contributed by atoms with Gasteiger partial charge < -0.3 is 19.9 Å². The molecule has 2 aromatic rings. The number of methoxy groups -OCH3 is 1. The van der Waals surface area contributed by atoms with E-state index >= 15 is 0 Å². The maximum atomic E-state index is 12.8. The minimum absolute atomic E-state index is 0.0308. The summed E-state index contributed by atoms with van der Waals surface area (Å²) in [6.45, 7) is 2.21. The molecule has 2 aliphatic heterocycles. The van der Waals surface area contributed by atoms with Crippen molar-refractivity contribution in [2.75, 3.05) is 36.5 Å². The van der Waals surface area contributed by atoms with Crippen LogP contribution in [-0.2, 0) is 4.79 Å². The number of benzene rings is 2. The van der Waals surface area contributed by atoms with Gasteiger partial charge in [-0.1, -0.05) is 17.7 Å². The van der Waals surface area contributed by atoms with Crippen LogP contribution in [0.4, 0.5) is 11.4 Å². The summed E-state index contributed by atoms with van der Waals surface area (Å²) in [5.41, 5.74) is 2.30. The number of carbonyl (C=O) groups is 2. The van der Waals surface area contributed by atoms with Crippen LogP contribution in [0.1, 0.15) is 29.6 Å². The molecule has 1 unspecified atom stereocenters. The van der Waals surface area contributed by atoms with Crippen LogP contribution in [0.25, 0.3) is 0 Å². The average molecular weight is 414 g/mol. The molecule has 4 rings (SSSR count). The summed E-state index contributed by atoms with van der Waals surface area (Å²) in [7, 11) is 1.64. The third kappa shape index (κ3) is 4.17. The maximum absolute atomic E-state index is 12.8. The maximum Gasteiger partial charge on any atom is 0.251 e. The normalized spacial score (nSPS) is 19.0. The third-order valence-electron chi connectivity index (χ3n) is 5.50. The zero-order valence-electron chi connectivity index (χ0n) is 16.4. The Kier molecular flexibility index (Phi) is 5.62. The van der Waals surface area contributed by atoms with Crippen LogP contribution in [0, 0.1) is 0 Å². The van der Waals surface area contributed by atoms with E-state index in [9.17, 15) is 9.59 Å².